The number of likely N-dealkylation sites (tertiary alicyclic amines) is 1. The second-order valence-electron chi connectivity index (χ2n) is 8.83. The Morgan fingerprint density at radius 1 is 0.812 bits per heavy atom. The van der Waals surface area contributed by atoms with Gasteiger partial charge in [-0.15, -0.1) is 0 Å². The predicted octanol–water partition coefficient (Wildman–Crippen LogP) is 4.93. The van der Waals surface area contributed by atoms with Gasteiger partial charge >= 0.3 is 0 Å². The first-order valence-corrected chi connectivity index (χ1v) is 11.6. The summed E-state index contributed by atoms with van der Waals surface area (Å²) in [6.07, 6.45) is 3.83. The van der Waals surface area contributed by atoms with Crippen molar-refractivity contribution in [2.45, 2.75) is 25.7 Å². The maximum Gasteiger partial charge on any atom is 0.254 e. The van der Waals surface area contributed by atoms with Crippen molar-refractivity contribution in [3.63, 3.8) is 0 Å². The molecule has 0 saturated carbocycles. The Hall–Kier alpha value is -3.34. The van der Waals surface area contributed by atoms with Crippen LogP contribution in [0.1, 0.15) is 36.0 Å². The number of nitrogens with one attached hydrogen (secondary N) is 1. The smallest absolute Gasteiger partial charge is 0.254 e. The lowest BCUT2D eigenvalue weighted by atomic mass is 9.94. The summed E-state index contributed by atoms with van der Waals surface area (Å²) in [5.41, 5.74) is 2.77. The van der Waals surface area contributed by atoms with Crippen LogP contribution in [0.15, 0.2) is 66.7 Å². The first-order valence-electron chi connectivity index (χ1n) is 11.6. The number of hydrogen-bond acceptors (Lipinski definition) is 3. The third-order valence-electron chi connectivity index (χ3n) is 6.76. The molecule has 5 rings (SSSR count). The van der Waals surface area contributed by atoms with Gasteiger partial charge < -0.3 is 15.1 Å². The van der Waals surface area contributed by atoms with Gasteiger partial charge in [-0.2, -0.15) is 0 Å². The highest BCUT2D eigenvalue weighted by Gasteiger charge is 2.28. The number of hydrogen-bond donors (Lipinski definition) is 1. The van der Waals surface area contributed by atoms with E-state index in [1.54, 1.807) is 0 Å². The van der Waals surface area contributed by atoms with Crippen molar-refractivity contribution < 1.29 is 9.59 Å². The Bertz CT molecular complexity index is 1120. The molecule has 2 aliphatic rings. The lowest BCUT2D eigenvalue weighted by molar-refractivity contribution is -0.121. The molecular weight excluding hydrogens is 398 g/mol. The van der Waals surface area contributed by atoms with Crippen molar-refractivity contribution in [1.82, 2.24) is 4.90 Å². The molecule has 0 unspecified atom stereocenters. The fourth-order valence-corrected chi connectivity index (χ4v) is 4.93. The number of carbonyl (C=O) groups is 2. The quantitative estimate of drug-likeness (QED) is 0.642. The molecule has 0 radical (unpaired) electrons. The number of anilines is 2. The maximum atomic E-state index is 13.2. The van der Waals surface area contributed by atoms with E-state index in [0.717, 1.165) is 35.1 Å². The molecule has 2 saturated heterocycles. The van der Waals surface area contributed by atoms with E-state index < -0.39 is 0 Å². The van der Waals surface area contributed by atoms with E-state index in [1.807, 2.05) is 59.5 Å². The number of carbonyl (C=O) groups excluding carboxylic acids is 2. The number of fused-ring (bicyclic) bond motifs is 1. The summed E-state index contributed by atoms with van der Waals surface area (Å²) in [6, 6.07) is 22.0. The van der Waals surface area contributed by atoms with Crippen molar-refractivity contribution >= 4 is 34.0 Å². The molecule has 5 nitrogen and oxygen atoms in total. The highest BCUT2D eigenvalue weighted by Crippen LogP contribution is 2.26. The number of piperidine rings is 1. The van der Waals surface area contributed by atoms with Crippen LogP contribution in [0.25, 0.3) is 10.8 Å². The monoisotopic (exact) mass is 427 g/mol. The third-order valence-corrected chi connectivity index (χ3v) is 6.76. The van der Waals surface area contributed by atoms with Gasteiger partial charge in [0.2, 0.25) is 5.91 Å². The zero-order valence-corrected chi connectivity index (χ0v) is 18.3. The van der Waals surface area contributed by atoms with Gasteiger partial charge in [-0.25, -0.2) is 0 Å². The van der Waals surface area contributed by atoms with Crippen LogP contribution in [0.4, 0.5) is 11.4 Å². The minimum atomic E-state index is -0.0676. The first-order chi connectivity index (χ1) is 15.7. The molecule has 2 aliphatic heterocycles. The van der Waals surface area contributed by atoms with Gasteiger partial charge in [-0.1, -0.05) is 42.5 Å². The molecular formula is C27H29N3O2. The fraction of sp³-hybridized carbons (Fsp3) is 0.333. The van der Waals surface area contributed by atoms with Crippen molar-refractivity contribution in [3.8, 4) is 0 Å². The van der Waals surface area contributed by atoms with E-state index in [4.69, 9.17) is 0 Å². The van der Waals surface area contributed by atoms with Gasteiger partial charge in [0.05, 0.1) is 0 Å². The molecule has 2 fully saturated rings. The SMILES string of the molecule is O=C(Nc1cccc(N2CCCC2)c1)C1CCN(C(=O)c2cccc3ccccc23)CC1. The second-order valence-corrected chi connectivity index (χ2v) is 8.83. The molecule has 0 aliphatic carbocycles. The molecule has 2 amide bonds. The lowest BCUT2D eigenvalue weighted by Gasteiger charge is -2.31. The van der Waals surface area contributed by atoms with Crippen LogP contribution >= 0.6 is 0 Å². The van der Waals surface area contributed by atoms with Crippen LogP contribution in [-0.4, -0.2) is 42.9 Å². The van der Waals surface area contributed by atoms with E-state index >= 15 is 0 Å². The summed E-state index contributed by atoms with van der Waals surface area (Å²) in [6.45, 7) is 3.38. The van der Waals surface area contributed by atoms with Gasteiger partial charge in [0, 0.05) is 49.0 Å². The summed E-state index contributed by atoms with van der Waals surface area (Å²) >= 11 is 0. The Balaban J connectivity index is 1.20. The largest absolute Gasteiger partial charge is 0.371 e. The number of benzene rings is 3. The highest BCUT2D eigenvalue weighted by molar-refractivity contribution is 6.07. The summed E-state index contributed by atoms with van der Waals surface area (Å²) in [4.78, 5) is 30.3. The summed E-state index contributed by atoms with van der Waals surface area (Å²) in [5, 5.41) is 5.16. The Labute approximate surface area is 189 Å². The molecule has 0 spiro atoms. The van der Waals surface area contributed by atoms with Crippen LogP contribution in [0.5, 0.6) is 0 Å². The molecule has 5 heteroatoms. The molecule has 1 N–H and O–H groups in total. The zero-order valence-electron chi connectivity index (χ0n) is 18.3. The maximum absolute atomic E-state index is 13.2. The standard InChI is InChI=1S/C27H29N3O2/c31-26(28-22-9-6-10-23(19-22)29-15-3-4-16-29)21-13-17-30(18-14-21)27(32)25-12-5-8-20-7-1-2-11-24(20)25/h1-2,5-12,19,21H,3-4,13-18H2,(H,28,31). The summed E-state index contributed by atoms with van der Waals surface area (Å²) in [5.74, 6) is 0.0433. The highest BCUT2D eigenvalue weighted by atomic mass is 16.2. The minimum Gasteiger partial charge on any atom is -0.371 e. The van der Waals surface area contributed by atoms with Gasteiger partial charge in [0.1, 0.15) is 0 Å². The first kappa shape index (κ1) is 20.6. The van der Waals surface area contributed by atoms with Crippen LogP contribution in [0.3, 0.4) is 0 Å². The summed E-state index contributed by atoms with van der Waals surface area (Å²) < 4.78 is 0. The molecule has 3 aromatic rings. The van der Waals surface area contributed by atoms with Crippen molar-refractivity contribution in [3.05, 3.63) is 72.3 Å². The van der Waals surface area contributed by atoms with Crippen LogP contribution < -0.4 is 10.2 Å². The number of nitrogens with zero attached hydrogens (tertiary/aromatic N) is 2. The minimum absolute atomic E-state index is 0.0546. The molecule has 164 valence electrons. The van der Waals surface area contributed by atoms with E-state index in [9.17, 15) is 9.59 Å². The Kier molecular flexibility index (Phi) is 5.80. The van der Waals surface area contributed by atoms with Gasteiger partial charge in [-0.05, 0) is 60.7 Å². The van der Waals surface area contributed by atoms with E-state index in [1.165, 1.54) is 18.5 Å². The number of amides is 2. The number of rotatable bonds is 4. The third kappa shape index (κ3) is 4.20. The summed E-state index contributed by atoms with van der Waals surface area (Å²) in [7, 11) is 0. The fourth-order valence-electron chi connectivity index (χ4n) is 4.93. The van der Waals surface area contributed by atoms with Gasteiger partial charge in [0.25, 0.3) is 5.91 Å². The lowest BCUT2D eigenvalue weighted by Crippen LogP contribution is -2.41. The Morgan fingerprint density at radius 2 is 1.53 bits per heavy atom. The van der Waals surface area contributed by atoms with Crippen molar-refractivity contribution in [2.24, 2.45) is 5.92 Å². The van der Waals surface area contributed by atoms with Gasteiger partial charge in [0.15, 0.2) is 0 Å². The van der Waals surface area contributed by atoms with Crippen molar-refractivity contribution in [1.29, 1.82) is 0 Å². The molecule has 2 heterocycles. The zero-order chi connectivity index (χ0) is 21.9. The van der Waals surface area contributed by atoms with Gasteiger partial charge in [-0.3, -0.25) is 9.59 Å². The molecule has 0 aromatic heterocycles. The topological polar surface area (TPSA) is 52.7 Å². The van der Waals surface area contributed by atoms with Crippen LogP contribution in [0.2, 0.25) is 0 Å². The van der Waals surface area contributed by atoms with E-state index in [0.29, 0.717) is 25.9 Å². The van der Waals surface area contributed by atoms with Crippen molar-refractivity contribution in [2.75, 3.05) is 36.4 Å². The van der Waals surface area contributed by atoms with Crippen LogP contribution in [0, 0.1) is 5.92 Å². The predicted molar refractivity (Wildman–Crippen MR) is 129 cm³/mol. The van der Waals surface area contributed by atoms with Crippen LogP contribution in [-0.2, 0) is 4.79 Å². The average molecular weight is 428 g/mol. The molecule has 0 atom stereocenters. The van der Waals surface area contributed by atoms with E-state index in [-0.39, 0.29) is 17.7 Å². The normalized spacial score (nSPS) is 17.0. The average Bonchev–Trinajstić information content (AvgIpc) is 3.39. The Morgan fingerprint density at radius 3 is 2.34 bits per heavy atom. The second kappa shape index (κ2) is 9.03. The molecule has 32 heavy (non-hydrogen) atoms. The molecule has 3 aromatic carbocycles. The molecule has 0 bridgehead atoms. The van der Waals surface area contributed by atoms with E-state index in [2.05, 4.69) is 22.3 Å².